The van der Waals surface area contributed by atoms with Crippen molar-refractivity contribution in [2.45, 2.75) is 6.92 Å². The topological polar surface area (TPSA) is 84.2 Å². The Morgan fingerprint density at radius 1 is 1.21 bits per heavy atom. The number of ether oxygens (including phenoxy) is 2. The lowest BCUT2D eigenvalue weighted by Crippen LogP contribution is -1.94. The average molecular weight is 389 g/mol. The van der Waals surface area contributed by atoms with Crippen LogP contribution in [0.25, 0.3) is 16.8 Å². The van der Waals surface area contributed by atoms with Crippen molar-refractivity contribution in [2.24, 2.45) is 0 Å². The maximum absolute atomic E-state index is 11.3. The lowest BCUT2D eigenvalue weighted by atomic mass is 10.1. The molecule has 7 heteroatoms. The van der Waals surface area contributed by atoms with Crippen LogP contribution in [0.5, 0.6) is 11.5 Å². The maximum Gasteiger partial charge on any atom is 0.231 e. The van der Waals surface area contributed by atoms with Crippen molar-refractivity contribution in [3.8, 4) is 28.8 Å². The van der Waals surface area contributed by atoms with Crippen molar-refractivity contribution in [1.29, 1.82) is 5.26 Å². The standard InChI is InChI=1S/C21H15N3O3S/c1-13(25)14-2-5-17(6-3-14)23-10-16(9-22)21-24-18(11-28-21)15-4-7-19-20(8-15)27-12-26-19/h2-8,10-11,23H,12H2,1H3/b16-10+. The summed E-state index contributed by atoms with van der Waals surface area (Å²) in [6.45, 7) is 1.75. The lowest BCUT2D eigenvalue weighted by molar-refractivity contribution is 0.101. The summed E-state index contributed by atoms with van der Waals surface area (Å²) in [4.78, 5) is 15.9. The summed E-state index contributed by atoms with van der Waals surface area (Å²) in [7, 11) is 0. The van der Waals surface area contributed by atoms with E-state index < -0.39 is 0 Å². The molecule has 0 amide bonds. The molecular weight excluding hydrogens is 374 g/mol. The van der Waals surface area contributed by atoms with Crippen molar-refractivity contribution in [1.82, 2.24) is 4.98 Å². The van der Waals surface area contributed by atoms with Gasteiger partial charge in [0.2, 0.25) is 6.79 Å². The van der Waals surface area contributed by atoms with Crippen LogP contribution in [-0.2, 0) is 0 Å². The monoisotopic (exact) mass is 389 g/mol. The van der Waals surface area contributed by atoms with E-state index in [-0.39, 0.29) is 12.6 Å². The van der Waals surface area contributed by atoms with Crippen LogP contribution in [0.2, 0.25) is 0 Å². The van der Waals surface area contributed by atoms with Crippen molar-refractivity contribution >= 4 is 28.4 Å². The molecular formula is C21H15N3O3S. The van der Waals surface area contributed by atoms with Gasteiger partial charge in [-0.05, 0) is 49.4 Å². The van der Waals surface area contributed by atoms with Crippen LogP contribution in [-0.4, -0.2) is 17.6 Å². The van der Waals surface area contributed by atoms with E-state index in [1.54, 1.807) is 30.5 Å². The first-order chi connectivity index (χ1) is 13.6. The predicted molar refractivity (Wildman–Crippen MR) is 107 cm³/mol. The third-order valence-corrected chi connectivity index (χ3v) is 5.07. The van der Waals surface area contributed by atoms with Gasteiger partial charge in [-0.2, -0.15) is 5.26 Å². The van der Waals surface area contributed by atoms with Gasteiger partial charge in [0.15, 0.2) is 17.3 Å². The normalized spacial score (nSPS) is 12.5. The lowest BCUT2D eigenvalue weighted by Gasteiger charge is -2.02. The number of ketones is 1. The van der Waals surface area contributed by atoms with E-state index in [0.717, 1.165) is 22.7 Å². The number of benzene rings is 2. The quantitative estimate of drug-likeness (QED) is 0.502. The number of nitrogens with zero attached hydrogens (tertiary/aromatic N) is 2. The van der Waals surface area contributed by atoms with Gasteiger partial charge in [0.1, 0.15) is 16.6 Å². The third-order valence-electron chi connectivity index (χ3n) is 4.20. The molecule has 0 saturated carbocycles. The number of carbonyl (C=O) groups excluding carboxylic acids is 1. The molecule has 0 bridgehead atoms. The highest BCUT2D eigenvalue weighted by molar-refractivity contribution is 7.11. The summed E-state index contributed by atoms with van der Waals surface area (Å²) in [6.07, 6.45) is 1.62. The van der Waals surface area contributed by atoms with Crippen LogP contribution < -0.4 is 14.8 Å². The van der Waals surface area contributed by atoms with Crippen LogP contribution in [0.15, 0.2) is 54.0 Å². The molecule has 1 aliphatic heterocycles. The Hall–Kier alpha value is -3.63. The second-order valence-electron chi connectivity index (χ2n) is 6.05. The zero-order valence-electron chi connectivity index (χ0n) is 14.9. The van der Waals surface area contributed by atoms with Gasteiger partial charge in [-0.1, -0.05) is 0 Å². The molecule has 0 unspecified atom stereocenters. The number of rotatable bonds is 5. The first kappa shape index (κ1) is 17.8. The van der Waals surface area contributed by atoms with E-state index in [0.29, 0.717) is 21.9 Å². The number of nitriles is 1. The number of hydrogen-bond acceptors (Lipinski definition) is 7. The molecule has 3 aromatic rings. The summed E-state index contributed by atoms with van der Waals surface area (Å²) in [5, 5.41) is 15.1. The molecule has 4 rings (SSSR count). The van der Waals surface area contributed by atoms with Gasteiger partial charge in [0.25, 0.3) is 0 Å². The Morgan fingerprint density at radius 3 is 2.75 bits per heavy atom. The Bertz CT molecular complexity index is 1110. The zero-order chi connectivity index (χ0) is 19.5. The van der Waals surface area contributed by atoms with E-state index in [4.69, 9.17) is 9.47 Å². The Balaban J connectivity index is 1.53. The number of hydrogen-bond donors (Lipinski definition) is 1. The van der Waals surface area contributed by atoms with Crippen LogP contribution in [0, 0.1) is 11.3 Å². The second kappa shape index (κ2) is 7.55. The predicted octanol–water partition coefficient (Wildman–Crippen LogP) is 4.72. The Kier molecular flexibility index (Phi) is 4.79. The van der Waals surface area contributed by atoms with Gasteiger partial charge in [0.05, 0.1) is 5.69 Å². The number of anilines is 1. The van der Waals surface area contributed by atoms with Gasteiger partial charge in [-0.15, -0.1) is 11.3 Å². The van der Waals surface area contributed by atoms with Crippen molar-refractivity contribution in [2.75, 3.05) is 12.1 Å². The molecule has 0 fully saturated rings. The highest BCUT2D eigenvalue weighted by Crippen LogP contribution is 2.36. The molecule has 2 aromatic carbocycles. The molecule has 28 heavy (non-hydrogen) atoms. The van der Waals surface area contributed by atoms with E-state index >= 15 is 0 Å². The molecule has 138 valence electrons. The number of thiazole rings is 1. The van der Waals surface area contributed by atoms with Gasteiger partial charge < -0.3 is 14.8 Å². The summed E-state index contributed by atoms with van der Waals surface area (Å²) in [5.41, 5.74) is 3.52. The van der Waals surface area contributed by atoms with Crippen LogP contribution in [0.1, 0.15) is 22.3 Å². The molecule has 0 saturated heterocycles. The van der Waals surface area contributed by atoms with Crippen LogP contribution in [0.3, 0.4) is 0 Å². The Labute approximate surface area is 165 Å². The molecule has 0 atom stereocenters. The minimum absolute atomic E-state index is 0.0126. The van der Waals surface area contributed by atoms with E-state index in [9.17, 15) is 10.1 Å². The molecule has 0 spiro atoms. The van der Waals surface area contributed by atoms with Crippen molar-refractivity contribution in [3.63, 3.8) is 0 Å². The largest absolute Gasteiger partial charge is 0.454 e. The SMILES string of the molecule is CC(=O)c1ccc(N/C=C(\C#N)c2nc(-c3ccc4c(c3)OCO4)cs2)cc1. The first-order valence-corrected chi connectivity index (χ1v) is 9.36. The highest BCUT2D eigenvalue weighted by Gasteiger charge is 2.16. The number of fused-ring (bicyclic) bond motifs is 1. The summed E-state index contributed by atoms with van der Waals surface area (Å²) >= 11 is 1.39. The fourth-order valence-corrected chi connectivity index (χ4v) is 3.48. The van der Waals surface area contributed by atoms with Crippen LogP contribution >= 0.6 is 11.3 Å². The fraction of sp³-hybridized carbons (Fsp3) is 0.0952. The fourth-order valence-electron chi connectivity index (χ4n) is 2.68. The highest BCUT2D eigenvalue weighted by atomic mass is 32.1. The maximum atomic E-state index is 11.3. The van der Waals surface area contributed by atoms with Gasteiger partial charge >= 0.3 is 0 Å². The number of nitrogens with one attached hydrogen (secondary N) is 1. The summed E-state index contributed by atoms with van der Waals surface area (Å²) in [6, 6.07) is 14.9. The minimum Gasteiger partial charge on any atom is -0.454 e. The smallest absolute Gasteiger partial charge is 0.231 e. The molecule has 0 radical (unpaired) electrons. The van der Waals surface area contributed by atoms with E-state index in [2.05, 4.69) is 16.4 Å². The van der Waals surface area contributed by atoms with Gasteiger partial charge in [-0.3, -0.25) is 4.79 Å². The number of Topliss-reactive ketones (excluding diaryl/α,β-unsaturated/α-hetero) is 1. The minimum atomic E-state index is 0.0126. The number of aromatic nitrogens is 1. The van der Waals surface area contributed by atoms with Crippen molar-refractivity contribution < 1.29 is 14.3 Å². The summed E-state index contributed by atoms with van der Waals surface area (Å²) < 4.78 is 10.7. The third kappa shape index (κ3) is 3.59. The van der Waals surface area contributed by atoms with Gasteiger partial charge in [0, 0.05) is 28.4 Å². The molecule has 1 N–H and O–H groups in total. The Morgan fingerprint density at radius 2 is 2.00 bits per heavy atom. The second-order valence-corrected chi connectivity index (χ2v) is 6.91. The molecule has 2 heterocycles. The van der Waals surface area contributed by atoms with E-state index in [1.165, 1.54) is 18.3 Å². The molecule has 1 aliphatic rings. The number of allylic oxidation sites excluding steroid dienone is 1. The molecule has 0 aliphatic carbocycles. The first-order valence-electron chi connectivity index (χ1n) is 8.48. The molecule has 1 aromatic heterocycles. The molecule has 6 nitrogen and oxygen atoms in total. The zero-order valence-corrected chi connectivity index (χ0v) is 15.7. The average Bonchev–Trinajstić information content (AvgIpc) is 3.38. The van der Waals surface area contributed by atoms with Gasteiger partial charge in [-0.25, -0.2) is 4.98 Å². The van der Waals surface area contributed by atoms with Crippen molar-refractivity contribution in [3.05, 3.63) is 64.6 Å². The van der Waals surface area contributed by atoms with Crippen LogP contribution in [0.4, 0.5) is 5.69 Å². The summed E-state index contributed by atoms with van der Waals surface area (Å²) in [5.74, 6) is 1.43. The van der Waals surface area contributed by atoms with E-state index in [1.807, 2.05) is 23.6 Å². The number of carbonyl (C=O) groups is 1.